The second kappa shape index (κ2) is 9.84. The van der Waals surface area contributed by atoms with E-state index in [-0.39, 0.29) is 36.8 Å². The van der Waals surface area contributed by atoms with Crippen LogP contribution in [0.2, 0.25) is 0 Å². The minimum Gasteiger partial charge on any atom is -0.427 e. The molecule has 4 fully saturated rings. The molecule has 0 radical (unpaired) electrons. The number of aliphatic hydroxyl groups is 8. The first-order valence-corrected chi connectivity index (χ1v) is 11.4. The Morgan fingerprint density at radius 1 is 0.806 bits per heavy atom. The number of fused-ring (bicyclic) bond motifs is 1. The summed E-state index contributed by atoms with van der Waals surface area (Å²) in [7, 11) is 1.57. The van der Waals surface area contributed by atoms with Gasteiger partial charge in [0, 0.05) is 25.9 Å². The first kappa shape index (κ1) is 23.7. The third-order valence-corrected chi connectivity index (χ3v) is 7.61. The fourth-order valence-electron chi connectivity index (χ4n) is 5.81. The highest BCUT2D eigenvalue weighted by molar-refractivity contribution is 4.98. The zero-order valence-electron chi connectivity index (χ0n) is 17.8. The third kappa shape index (κ3) is 4.93. The van der Waals surface area contributed by atoms with Crippen LogP contribution in [-0.2, 0) is 14.2 Å². The van der Waals surface area contributed by atoms with Crippen LogP contribution >= 0.6 is 0 Å². The van der Waals surface area contributed by atoms with Crippen molar-refractivity contribution in [1.82, 2.24) is 0 Å². The SMILES string of the molecule is COC1CC(C2[OH+]C3CC(O)CC(O)C3CC2OC2OCC(O)C(O)C2O)CCC1O. The molecule has 2 aliphatic carbocycles. The van der Waals surface area contributed by atoms with Gasteiger partial charge in [-0.25, -0.2) is 0 Å². The first-order chi connectivity index (χ1) is 14.8. The lowest BCUT2D eigenvalue weighted by molar-refractivity contribution is -0.345. The lowest BCUT2D eigenvalue weighted by Crippen LogP contribution is -2.61. The summed E-state index contributed by atoms with van der Waals surface area (Å²) in [4.78, 5) is 0. The molecule has 10 nitrogen and oxygen atoms in total. The van der Waals surface area contributed by atoms with Crippen LogP contribution in [0.25, 0.3) is 0 Å². The highest BCUT2D eigenvalue weighted by Gasteiger charge is 2.54. The second-order valence-corrected chi connectivity index (χ2v) is 9.64. The summed E-state index contributed by atoms with van der Waals surface area (Å²) in [6, 6.07) is 0. The Morgan fingerprint density at radius 2 is 1.58 bits per heavy atom. The van der Waals surface area contributed by atoms with E-state index in [1.165, 1.54) is 0 Å². The topological polar surface area (TPSA) is 162 Å². The second-order valence-electron chi connectivity index (χ2n) is 9.64. The number of methoxy groups -OCH3 is 1. The molecule has 13 unspecified atom stereocenters. The minimum atomic E-state index is -1.40. The fraction of sp³-hybridized carbons (Fsp3) is 1.00. The van der Waals surface area contributed by atoms with Crippen molar-refractivity contribution in [3.8, 4) is 0 Å². The maximum Gasteiger partial charge on any atom is 0.186 e. The van der Waals surface area contributed by atoms with Crippen LogP contribution in [0, 0.1) is 11.8 Å². The predicted molar refractivity (Wildman–Crippen MR) is 106 cm³/mol. The average molecular weight is 450 g/mol. The van der Waals surface area contributed by atoms with Crippen molar-refractivity contribution in [1.29, 1.82) is 0 Å². The van der Waals surface area contributed by atoms with E-state index >= 15 is 0 Å². The van der Waals surface area contributed by atoms with Gasteiger partial charge in [0.15, 0.2) is 18.5 Å². The fourth-order valence-corrected chi connectivity index (χ4v) is 5.81. The Labute approximate surface area is 181 Å². The number of rotatable bonds is 4. The molecular weight excluding hydrogens is 412 g/mol. The van der Waals surface area contributed by atoms with Crippen LogP contribution in [0.15, 0.2) is 0 Å². The van der Waals surface area contributed by atoms with Crippen LogP contribution in [0.1, 0.15) is 38.5 Å². The summed E-state index contributed by atoms with van der Waals surface area (Å²) in [5, 5.41) is 61.0. The Bertz CT molecular complexity index is 593. The van der Waals surface area contributed by atoms with Gasteiger partial charge in [-0.3, -0.25) is 0 Å². The summed E-state index contributed by atoms with van der Waals surface area (Å²) < 4.78 is 22.0. The molecule has 0 aromatic heterocycles. The number of hydrogen-bond donors (Lipinski definition) is 6. The molecule has 13 atom stereocenters. The maximum absolute atomic E-state index is 10.6. The van der Waals surface area contributed by atoms with Gasteiger partial charge in [-0.05, 0) is 25.7 Å². The van der Waals surface area contributed by atoms with Crippen LogP contribution in [0.4, 0.5) is 0 Å². The standard InChI is InChI=1S/C21H36O10/c1-28-16-4-9(2-3-12(16)23)20-17(31-21-19(27)18(26)14(25)8-29-21)7-11-13(24)5-10(22)6-15(11)30-20/h9-27H,2-8H2,1H3/p+1. The molecule has 0 aromatic rings. The van der Waals surface area contributed by atoms with E-state index in [2.05, 4.69) is 0 Å². The van der Waals surface area contributed by atoms with Gasteiger partial charge < -0.3 is 49.6 Å². The summed E-state index contributed by atoms with van der Waals surface area (Å²) >= 11 is 0. The molecule has 2 heterocycles. The number of hydrogen-bond acceptors (Lipinski definition) is 9. The van der Waals surface area contributed by atoms with Crippen molar-refractivity contribution in [3.63, 3.8) is 0 Å². The van der Waals surface area contributed by atoms with Crippen molar-refractivity contribution in [2.45, 2.75) is 106 Å². The van der Waals surface area contributed by atoms with Gasteiger partial charge in [-0.1, -0.05) is 0 Å². The van der Waals surface area contributed by atoms with Crippen LogP contribution in [-0.4, -0.2) is 116 Å². The lowest BCUT2D eigenvalue weighted by atomic mass is 9.72. The smallest absolute Gasteiger partial charge is 0.186 e. The Balaban J connectivity index is 1.52. The molecular formula is C21H37O10+. The van der Waals surface area contributed by atoms with E-state index in [1.54, 1.807) is 7.11 Å². The minimum absolute atomic E-state index is 0.0618. The molecule has 0 spiro atoms. The molecule has 2 saturated carbocycles. The van der Waals surface area contributed by atoms with Crippen molar-refractivity contribution in [3.05, 3.63) is 0 Å². The summed E-state index contributed by atoms with van der Waals surface area (Å²) in [6.45, 7) is -0.153. The molecule has 2 aliphatic heterocycles. The molecule has 2 saturated heterocycles. The summed E-state index contributed by atoms with van der Waals surface area (Å²) in [5.41, 5.74) is 0. The van der Waals surface area contributed by atoms with Gasteiger partial charge in [0.2, 0.25) is 0 Å². The van der Waals surface area contributed by atoms with Crippen molar-refractivity contribution in [2.24, 2.45) is 11.8 Å². The van der Waals surface area contributed by atoms with Crippen molar-refractivity contribution >= 4 is 0 Å². The number of ether oxygens (including phenoxy) is 4. The molecule has 0 amide bonds. The van der Waals surface area contributed by atoms with Crippen molar-refractivity contribution in [2.75, 3.05) is 13.7 Å². The zero-order chi connectivity index (χ0) is 22.3. The molecule has 7 N–H and O–H groups in total. The third-order valence-electron chi connectivity index (χ3n) is 7.61. The molecule has 4 rings (SSSR count). The van der Waals surface area contributed by atoms with Gasteiger partial charge >= 0.3 is 0 Å². The van der Waals surface area contributed by atoms with Gasteiger partial charge in [0.1, 0.15) is 24.4 Å². The Morgan fingerprint density at radius 3 is 2.32 bits per heavy atom. The first-order valence-electron chi connectivity index (χ1n) is 11.4. The van der Waals surface area contributed by atoms with E-state index in [4.69, 9.17) is 18.9 Å². The highest BCUT2D eigenvalue weighted by Crippen LogP contribution is 2.42. The van der Waals surface area contributed by atoms with Gasteiger partial charge in [0.25, 0.3) is 0 Å². The Hall–Kier alpha value is -0.400. The maximum atomic E-state index is 10.6. The van der Waals surface area contributed by atoms with Gasteiger partial charge in [-0.2, -0.15) is 0 Å². The van der Waals surface area contributed by atoms with E-state index in [9.17, 15) is 30.6 Å². The van der Waals surface area contributed by atoms with E-state index < -0.39 is 49.0 Å². The average Bonchev–Trinajstić information content (AvgIpc) is 2.74. The summed E-state index contributed by atoms with van der Waals surface area (Å²) in [6.07, 6.45) is -5.00. The quantitative estimate of drug-likeness (QED) is 0.261. The van der Waals surface area contributed by atoms with E-state index in [0.717, 1.165) is 6.42 Å². The lowest BCUT2D eigenvalue weighted by Gasteiger charge is -2.48. The van der Waals surface area contributed by atoms with Crippen LogP contribution in [0.5, 0.6) is 0 Å². The van der Waals surface area contributed by atoms with Crippen LogP contribution < -0.4 is 0 Å². The van der Waals surface area contributed by atoms with Gasteiger partial charge in [-0.15, -0.1) is 0 Å². The van der Waals surface area contributed by atoms with Crippen LogP contribution in [0.3, 0.4) is 0 Å². The van der Waals surface area contributed by atoms with Crippen molar-refractivity contribution < 1.29 is 49.6 Å². The molecule has 4 aliphatic rings. The molecule has 31 heavy (non-hydrogen) atoms. The zero-order valence-corrected chi connectivity index (χ0v) is 17.8. The molecule has 0 aromatic carbocycles. The predicted octanol–water partition coefficient (Wildman–Crippen LogP) is -2.21. The van der Waals surface area contributed by atoms with E-state index in [0.29, 0.717) is 32.1 Å². The van der Waals surface area contributed by atoms with E-state index in [1.807, 2.05) is 0 Å². The molecule has 0 bridgehead atoms. The Kier molecular flexibility index (Phi) is 7.54. The number of aliphatic hydroxyl groups excluding tert-OH is 6. The highest BCUT2D eigenvalue weighted by atomic mass is 16.7. The largest absolute Gasteiger partial charge is 0.427 e. The monoisotopic (exact) mass is 449 g/mol. The van der Waals surface area contributed by atoms with Gasteiger partial charge in [0.05, 0.1) is 36.9 Å². The molecule has 10 heteroatoms. The normalized spacial score (nSPS) is 53.7. The summed E-state index contributed by atoms with van der Waals surface area (Å²) in [5.74, 6) is -0.111. The molecule has 180 valence electrons.